The largest absolute Gasteiger partial charge is 0.456 e. The van der Waals surface area contributed by atoms with Crippen LogP contribution in [0.25, 0.3) is 33.1 Å². The molecule has 1 aromatic heterocycles. The maximum Gasteiger partial charge on any atom is 0.137 e. The van der Waals surface area contributed by atoms with Crippen LogP contribution in [0.15, 0.2) is 118 Å². The molecule has 0 amide bonds. The summed E-state index contributed by atoms with van der Waals surface area (Å²) in [5, 5.41) is 2.29. The summed E-state index contributed by atoms with van der Waals surface area (Å²) in [6.07, 6.45) is 6.35. The van der Waals surface area contributed by atoms with Crippen molar-refractivity contribution < 1.29 is 4.42 Å². The molecule has 2 aliphatic carbocycles. The molecule has 6 aromatic rings. The summed E-state index contributed by atoms with van der Waals surface area (Å²) < 4.78 is 7.41. The SMILES string of the molecule is Brc1ccc(N(c2cccc3c2-c2ccccc2C32CCCCC2)c2cccc3oc4ccccc4c23)cc1. The Morgan fingerprint density at radius 3 is 2.18 bits per heavy atom. The van der Waals surface area contributed by atoms with Crippen LogP contribution in [0.5, 0.6) is 0 Å². The van der Waals surface area contributed by atoms with Crippen LogP contribution in [-0.4, -0.2) is 0 Å². The van der Waals surface area contributed by atoms with Crippen LogP contribution in [0.2, 0.25) is 0 Å². The van der Waals surface area contributed by atoms with E-state index in [-0.39, 0.29) is 5.41 Å². The standard InChI is InChI=1S/C36H28BrNO/c37-24-18-20-25(21-19-24)38(31-15-9-17-33-35(31)27-11-3-5-16-32(27)39-33)30-14-8-13-29-34(30)26-10-2-4-12-28(26)36(29)22-6-1-7-23-36/h2-5,8-21H,1,6-7,22-23H2. The molecule has 3 heteroatoms. The van der Waals surface area contributed by atoms with Gasteiger partial charge in [0, 0.05) is 26.5 Å². The van der Waals surface area contributed by atoms with Crippen molar-refractivity contribution in [3.63, 3.8) is 0 Å². The van der Waals surface area contributed by atoms with Crippen molar-refractivity contribution in [1.82, 2.24) is 0 Å². The van der Waals surface area contributed by atoms with E-state index in [0.29, 0.717) is 0 Å². The average Bonchev–Trinajstić information content (AvgIpc) is 3.50. The Morgan fingerprint density at radius 1 is 0.615 bits per heavy atom. The monoisotopic (exact) mass is 569 g/mol. The van der Waals surface area contributed by atoms with Crippen molar-refractivity contribution >= 4 is 54.9 Å². The molecule has 1 heterocycles. The van der Waals surface area contributed by atoms with E-state index in [1.54, 1.807) is 0 Å². The molecule has 190 valence electrons. The number of anilines is 3. The van der Waals surface area contributed by atoms with E-state index in [4.69, 9.17) is 4.42 Å². The number of furan rings is 1. The van der Waals surface area contributed by atoms with E-state index >= 15 is 0 Å². The van der Waals surface area contributed by atoms with Crippen LogP contribution >= 0.6 is 15.9 Å². The number of hydrogen-bond acceptors (Lipinski definition) is 2. The van der Waals surface area contributed by atoms with Gasteiger partial charge >= 0.3 is 0 Å². The summed E-state index contributed by atoms with van der Waals surface area (Å²) in [6, 6.07) is 39.6. The summed E-state index contributed by atoms with van der Waals surface area (Å²) >= 11 is 3.66. The third-order valence-electron chi connectivity index (χ3n) is 8.92. The van der Waals surface area contributed by atoms with Gasteiger partial charge in [-0.25, -0.2) is 0 Å². The summed E-state index contributed by atoms with van der Waals surface area (Å²) in [5.41, 5.74) is 11.2. The van der Waals surface area contributed by atoms with Gasteiger partial charge in [0.1, 0.15) is 11.2 Å². The smallest absolute Gasteiger partial charge is 0.137 e. The van der Waals surface area contributed by atoms with E-state index in [9.17, 15) is 0 Å². The fourth-order valence-electron chi connectivity index (χ4n) is 7.31. The van der Waals surface area contributed by atoms with Gasteiger partial charge in [-0.15, -0.1) is 0 Å². The normalized spacial score (nSPS) is 15.5. The van der Waals surface area contributed by atoms with Gasteiger partial charge in [0.25, 0.3) is 0 Å². The minimum Gasteiger partial charge on any atom is -0.456 e. The lowest BCUT2D eigenvalue weighted by Crippen LogP contribution is -2.28. The number of nitrogens with zero attached hydrogens (tertiary/aromatic N) is 1. The number of halogens is 1. The van der Waals surface area contributed by atoms with Crippen LogP contribution in [0.4, 0.5) is 17.1 Å². The van der Waals surface area contributed by atoms with Crippen molar-refractivity contribution in [3.8, 4) is 11.1 Å². The number of para-hydroxylation sites is 1. The second kappa shape index (κ2) is 8.86. The first-order valence-electron chi connectivity index (χ1n) is 13.9. The third kappa shape index (κ3) is 3.39. The summed E-state index contributed by atoms with van der Waals surface area (Å²) in [5.74, 6) is 0. The van der Waals surface area contributed by atoms with Gasteiger partial charge in [0.15, 0.2) is 0 Å². The molecule has 2 aliphatic rings. The zero-order chi connectivity index (χ0) is 26.0. The second-order valence-corrected chi connectivity index (χ2v) is 11.9. The van der Waals surface area contributed by atoms with Crippen molar-refractivity contribution in [3.05, 3.63) is 125 Å². The molecule has 39 heavy (non-hydrogen) atoms. The Balaban J connectivity index is 1.46. The topological polar surface area (TPSA) is 16.4 Å². The molecular weight excluding hydrogens is 542 g/mol. The van der Waals surface area contributed by atoms with Gasteiger partial charge in [0.2, 0.25) is 0 Å². The molecule has 1 fully saturated rings. The van der Waals surface area contributed by atoms with Gasteiger partial charge < -0.3 is 9.32 Å². The first kappa shape index (κ1) is 23.1. The van der Waals surface area contributed by atoms with Crippen molar-refractivity contribution in [2.24, 2.45) is 0 Å². The van der Waals surface area contributed by atoms with E-state index < -0.39 is 0 Å². The Labute approximate surface area is 237 Å². The van der Waals surface area contributed by atoms with Crippen LogP contribution < -0.4 is 4.90 Å². The molecule has 8 rings (SSSR count). The van der Waals surface area contributed by atoms with Crippen molar-refractivity contribution in [2.75, 3.05) is 4.90 Å². The molecule has 1 spiro atoms. The lowest BCUT2D eigenvalue weighted by Gasteiger charge is -2.36. The molecule has 0 N–H and O–H groups in total. The molecule has 5 aromatic carbocycles. The second-order valence-electron chi connectivity index (χ2n) is 10.9. The van der Waals surface area contributed by atoms with E-state index in [1.807, 2.05) is 6.07 Å². The Kier molecular flexibility index (Phi) is 5.25. The summed E-state index contributed by atoms with van der Waals surface area (Å²) in [6.45, 7) is 0. The molecule has 0 bridgehead atoms. The van der Waals surface area contributed by atoms with Gasteiger partial charge in [-0.3, -0.25) is 0 Å². The predicted octanol–water partition coefficient (Wildman–Crippen LogP) is 11.0. The highest BCUT2D eigenvalue weighted by Gasteiger charge is 2.45. The Morgan fingerprint density at radius 2 is 1.31 bits per heavy atom. The van der Waals surface area contributed by atoms with Crippen LogP contribution in [0.3, 0.4) is 0 Å². The fourth-order valence-corrected chi connectivity index (χ4v) is 7.57. The number of benzene rings is 5. The number of hydrogen-bond donors (Lipinski definition) is 0. The quantitative estimate of drug-likeness (QED) is 0.210. The maximum absolute atomic E-state index is 6.34. The third-order valence-corrected chi connectivity index (χ3v) is 9.45. The lowest BCUT2D eigenvalue weighted by atomic mass is 9.68. The zero-order valence-corrected chi connectivity index (χ0v) is 23.2. The van der Waals surface area contributed by atoms with Crippen molar-refractivity contribution in [1.29, 1.82) is 0 Å². The maximum atomic E-state index is 6.34. The molecule has 0 aliphatic heterocycles. The molecule has 1 saturated carbocycles. The number of rotatable bonds is 3. The van der Waals surface area contributed by atoms with Crippen LogP contribution in [0, 0.1) is 0 Å². The molecule has 0 atom stereocenters. The Hall–Kier alpha value is -3.82. The highest BCUT2D eigenvalue weighted by Crippen LogP contribution is 2.59. The van der Waals surface area contributed by atoms with Gasteiger partial charge in [-0.1, -0.05) is 95.9 Å². The molecule has 0 unspecified atom stereocenters. The first-order chi connectivity index (χ1) is 19.2. The highest BCUT2D eigenvalue weighted by molar-refractivity contribution is 9.10. The average molecular weight is 571 g/mol. The summed E-state index contributed by atoms with van der Waals surface area (Å²) in [7, 11) is 0. The van der Waals surface area contributed by atoms with Crippen molar-refractivity contribution in [2.45, 2.75) is 37.5 Å². The van der Waals surface area contributed by atoms with Gasteiger partial charge in [-0.05, 0) is 78.1 Å². The van der Waals surface area contributed by atoms with E-state index in [1.165, 1.54) is 60.0 Å². The minimum absolute atomic E-state index is 0.111. The predicted molar refractivity (Wildman–Crippen MR) is 165 cm³/mol. The fraction of sp³-hybridized carbons (Fsp3) is 0.167. The zero-order valence-electron chi connectivity index (χ0n) is 21.7. The number of fused-ring (bicyclic) bond motifs is 8. The molecule has 2 nitrogen and oxygen atoms in total. The Bertz CT molecular complexity index is 1860. The van der Waals surface area contributed by atoms with Gasteiger partial charge in [-0.2, -0.15) is 0 Å². The minimum atomic E-state index is 0.111. The molecule has 0 saturated heterocycles. The highest BCUT2D eigenvalue weighted by atomic mass is 79.9. The lowest BCUT2D eigenvalue weighted by molar-refractivity contribution is 0.353. The molecular formula is C36H28BrNO. The first-order valence-corrected chi connectivity index (χ1v) is 14.7. The summed E-state index contributed by atoms with van der Waals surface area (Å²) in [4.78, 5) is 2.45. The van der Waals surface area contributed by atoms with Crippen LogP contribution in [-0.2, 0) is 5.41 Å². The van der Waals surface area contributed by atoms with Crippen LogP contribution in [0.1, 0.15) is 43.2 Å². The van der Waals surface area contributed by atoms with Gasteiger partial charge in [0.05, 0.1) is 16.8 Å². The molecule has 0 radical (unpaired) electrons. The van der Waals surface area contributed by atoms with E-state index in [0.717, 1.165) is 37.8 Å². The van der Waals surface area contributed by atoms with E-state index in [2.05, 4.69) is 124 Å².